The molecule has 4 unspecified atom stereocenters. The quantitative estimate of drug-likeness (QED) is 0.233. The fourth-order valence-corrected chi connectivity index (χ4v) is 19.2. The Labute approximate surface area is 479 Å². The molecule has 17 heterocycles. The Balaban J connectivity index is 0.639. The van der Waals surface area contributed by atoms with Crippen molar-refractivity contribution in [3.63, 3.8) is 0 Å². The smallest absolute Gasteiger partial charge is 0.308 e. The molecule has 0 radical (unpaired) electrons. The summed E-state index contributed by atoms with van der Waals surface area (Å²) in [6, 6.07) is 0. The summed E-state index contributed by atoms with van der Waals surface area (Å²) in [7, 11) is 0. The van der Waals surface area contributed by atoms with Gasteiger partial charge in [-0.05, 0) is 68.3 Å². The fraction of sp³-hybridized carbons (Fsp3) is 0.951. The molecule has 0 aromatic rings. The SMILES string of the molecule is C=C1C[C@@H]2CC[C@@]34C[C@H]5O[C@H]6C(O[C@H]7CC[C@H](CC(=O)O[C@@H]8[C@@H](C)[C@@H]9O[C@@H]%10C[C@]%11(C[C@@H]%12O[C@]%13(C[C@H](C)[C@@H]%14O[C@@H]%15CC(C(O)CO)O[C@@H]%15C[C@@H]%14O%13)C[C@H](C)[C@@H]%12O%11)O[C@@H]%10C[C@@H]9O[C@H]8C[C@H]8O[C@@H](CC[C@@H]1O2)C[C@@H](C)C8(O)CO)O[C@@H]7[C@@H]6O3)[C@H]5O4. The monoisotopic (exact) mass is 1160 g/mol. The Morgan fingerprint density at radius 3 is 2.00 bits per heavy atom. The summed E-state index contributed by atoms with van der Waals surface area (Å²) >= 11 is 0. The maximum absolute atomic E-state index is 14.6. The lowest BCUT2D eigenvalue weighted by molar-refractivity contribution is -0.369. The summed E-state index contributed by atoms with van der Waals surface area (Å²) in [6.45, 7) is 12.0. The van der Waals surface area contributed by atoms with Gasteiger partial charge in [0, 0.05) is 70.1 Å². The molecule has 12 bridgehead atoms. The highest BCUT2D eigenvalue weighted by Gasteiger charge is 2.70. The second-order valence-corrected chi connectivity index (χ2v) is 28.7. The lowest BCUT2D eigenvalue weighted by Crippen LogP contribution is -2.63. The van der Waals surface area contributed by atoms with E-state index in [2.05, 4.69) is 27.4 Å². The van der Waals surface area contributed by atoms with Gasteiger partial charge >= 0.3 is 5.97 Å². The number of esters is 1. The molecule has 3 spiro atoms. The number of hydrogen-bond donors (Lipinski definition) is 4. The molecule has 17 aliphatic heterocycles. The van der Waals surface area contributed by atoms with E-state index in [0.29, 0.717) is 89.9 Å². The second kappa shape index (κ2) is 20.5. The molecule has 34 atom stereocenters. The van der Waals surface area contributed by atoms with Crippen LogP contribution in [0.15, 0.2) is 12.2 Å². The van der Waals surface area contributed by atoms with Gasteiger partial charge in [0.05, 0.1) is 136 Å². The molecular weight excluding hydrogens is 1070 g/mol. The predicted octanol–water partition coefficient (Wildman–Crippen LogP) is 3.50. The Morgan fingerprint density at radius 2 is 1.16 bits per heavy atom. The van der Waals surface area contributed by atoms with Crippen molar-refractivity contribution in [3.8, 4) is 0 Å². The molecule has 458 valence electrons. The van der Waals surface area contributed by atoms with E-state index in [1.54, 1.807) is 0 Å². The summed E-state index contributed by atoms with van der Waals surface area (Å²) in [5.41, 5.74) is -0.531. The van der Waals surface area contributed by atoms with Gasteiger partial charge in [-0.25, -0.2) is 0 Å². The van der Waals surface area contributed by atoms with Crippen molar-refractivity contribution in [2.75, 3.05) is 13.2 Å². The molecule has 0 aromatic heterocycles. The van der Waals surface area contributed by atoms with Crippen LogP contribution in [-0.4, -0.2) is 221 Å². The van der Waals surface area contributed by atoms with Gasteiger partial charge < -0.3 is 96.2 Å². The minimum absolute atomic E-state index is 0.0000952. The van der Waals surface area contributed by atoms with Gasteiger partial charge in [-0.15, -0.1) is 0 Å². The van der Waals surface area contributed by atoms with E-state index in [1.165, 1.54) is 0 Å². The van der Waals surface area contributed by atoms with Crippen molar-refractivity contribution in [1.82, 2.24) is 0 Å². The number of aliphatic hydroxyl groups is 4. The Kier molecular flexibility index (Phi) is 13.9. The molecule has 17 rings (SSSR count). The van der Waals surface area contributed by atoms with Crippen LogP contribution in [0.2, 0.25) is 0 Å². The van der Waals surface area contributed by atoms with Gasteiger partial charge in [0.2, 0.25) is 0 Å². The lowest BCUT2D eigenvalue weighted by Gasteiger charge is -2.54. The molecule has 17 saturated heterocycles. The van der Waals surface area contributed by atoms with Crippen LogP contribution < -0.4 is 0 Å². The van der Waals surface area contributed by atoms with Gasteiger partial charge in [-0.1, -0.05) is 34.3 Å². The average molecular weight is 1160 g/mol. The van der Waals surface area contributed by atoms with Crippen molar-refractivity contribution in [3.05, 3.63) is 12.2 Å². The van der Waals surface area contributed by atoms with Crippen LogP contribution in [-0.2, 0) is 80.6 Å². The van der Waals surface area contributed by atoms with Crippen LogP contribution in [0.25, 0.3) is 0 Å². The molecule has 82 heavy (non-hydrogen) atoms. The van der Waals surface area contributed by atoms with E-state index >= 15 is 0 Å². The molecule has 17 fully saturated rings. The number of fused-ring (bicyclic) bond motifs is 11. The van der Waals surface area contributed by atoms with E-state index in [9.17, 15) is 25.2 Å². The number of rotatable bonds is 3. The number of ether oxygens (including phenoxy) is 16. The average Bonchev–Trinajstić information content (AvgIpc) is 3.73. The van der Waals surface area contributed by atoms with E-state index in [0.717, 1.165) is 18.4 Å². The topological polar surface area (TPSA) is 246 Å². The Bertz CT molecular complexity index is 2440. The predicted molar refractivity (Wildman–Crippen MR) is 279 cm³/mol. The van der Waals surface area contributed by atoms with Crippen LogP contribution in [0.5, 0.6) is 0 Å². The van der Waals surface area contributed by atoms with Crippen LogP contribution in [0.1, 0.15) is 143 Å². The zero-order chi connectivity index (χ0) is 55.9. The molecule has 17 aliphatic rings. The first-order valence-electron chi connectivity index (χ1n) is 31.9. The Hall–Kier alpha value is -1.55. The maximum Gasteiger partial charge on any atom is 0.308 e. The standard InChI is InChI=1S/C61H88O21/c1-26-12-33-10-11-58-22-45-54(81-58)55-56(75-45)57(82-58)53-36(72-55)9-7-32(69-53)14-48(65)76-52-30(5)51-41(71-42(52)18-47-61(66,25-63)29(4)13-31(68-47)6-8-35(26)67-33)17-40-44(74-51)21-60(77-40)23-46-50(80-60)28(3)20-59(79-46)19-27(2)49-43(78-59)16-38-39(73-49)15-37(70-38)34(64)24-62/h27-47,49-57,62-64,66H,1,6-25H2,2-5H3/t27-,28-,29+,30-,31-,32+,33-,34?,35-,36-,37?,38+,39+,40+,41-,42-,43-,44+,45+,46-,47+,49-,50-,51-,52+,53-,54-,55?,56-,57-,58-,59+,60-,61?/m0/s1. The van der Waals surface area contributed by atoms with Gasteiger partial charge in [-0.3, -0.25) is 4.79 Å². The summed E-state index contributed by atoms with van der Waals surface area (Å²) < 4.78 is 110. The molecule has 4 N–H and O–H groups in total. The number of aliphatic hydroxyl groups excluding tert-OH is 3. The number of hydrogen-bond acceptors (Lipinski definition) is 21. The first kappa shape index (κ1) is 55.7. The highest BCUT2D eigenvalue weighted by atomic mass is 16.8. The van der Waals surface area contributed by atoms with Crippen molar-refractivity contribution in [1.29, 1.82) is 0 Å². The van der Waals surface area contributed by atoms with E-state index < -0.39 is 96.6 Å². The van der Waals surface area contributed by atoms with E-state index in [4.69, 9.17) is 75.8 Å². The van der Waals surface area contributed by atoms with Crippen molar-refractivity contribution in [2.24, 2.45) is 23.7 Å². The van der Waals surface area contributed by atoms with Crippen LogP contribution >= 0.6 is 0 Å². The zero-order valence-corrected chi connectivity index (χ0v) is 47.9. The molecule has 0 saturated carbocycles. The summed E-state index contributed by atoms with van der Waals surface area (Å²) in [6.07, 6.45) is 0.263. The molecule has 0 aliphatic carbocycles. The third-order valence-electron chi connectivity index (χ3n) is 23.2. The minimum Gasteiger partial charge on any atom is -0.459 e. The van der Waals surface area contributed by atoms with E-state index in [-0.39, 0.29) is 141 Å². The lowest BCUT2D eigenvalue weighted by atomic mass is 9.74. The summed E-state index contributed by atoms with van der Waals surface area (Å²) in [4.78, 5) is 14.6. The summed E-state index contributed by atoms with van der Waals surface area (Å²) in [5, 5.41) is 43.5. The fourth-order valence-electron chi connectivity index (χ4n) is 19.2. The molecular formula is C61H88O21. The maximum atomic E-state index is 14.6. The van der Waals surface area contributed by atoms with Crippen molar-refractivity contribution >= 4 is 5.97 Å². The highest BCUT2D eigenvalue weighted by Crippen LogP contribution is 2.58. The third kappa shape index (κ3) is 9.18. The zero-order valence-electron chi connectivity index (χ0n) is 47.9. The van der Waals surface area contributed by atoms with Gasteiger partial charge in [0.15, 0.2) is 17.4 Å². The largest absolute Gasteiger partial charge is 0.459 e. The van der Waals surface area contributed by atoms with Crippen LogP contribution in [0, 0.1) is 23.7 Å². The Morgan fingerprint density at radius 1 is 0.500 bits per heavy atom. The third-order valence-corrected chi connectivity index (χ3v) is 23.2. The molecule has 0 aromatic carbocycles. The van der Waals surface area contributed by atoms with Crippen LogP contribution in [0.3, 0.4) is 0 Å². The first-order chi connectivity index (χ1) is 39.4. The normalized spacial score (nSPS) is 59.6. The second-order valence-electron chi connectivity index (χ2n) is 28.7. The van der Waals surface area contributed by atoms with Crippen LogP contribution in [0.4, 0.5) is 0 Å². The van der Waals surface area contributed by atoms with Gasteiger partial charge in [-0.2, -0.15) is 0 Å². The molecule has 21 nitrogen and oxygen atoms in total. The molecule has 21 heteroatoms. The van der Waals surface area contributed by atoms with Crippen molar-refractivity contribution < 1.29 is 101 Å². The van der Waals surface area contributed by atoms with E-state index in [1.807, 2.05) is 6.92 Å². The summed E-state index contributed by atoms with van der Waals surface area (Å²) in [5.74, 6) is -3.54. The number of carbonyl (C=O) groups excluding carboxylic acids is 1. The highest BCUT2D eigenvalue weighted by molar-refractivity contribution is 5.70. The molecule has 0 amide bonds. The first-order valence-corrected chi connectivity index (χ1v) is 31.9. The van der Waals surface area contributed by atoms with Crippen molar-refractivity contribution in [2.45, 2.75) is 325 Å². The minimum atomic E-state index is -1.59. The van der Waals surface area contributed by atoms with Gasteiger partial charge in [0.1, 0.15) is 48.3 Å². The van der Waals surface area contributed by atoms with Gasteiger partial charge in [0.25, 0.3) is 0 Å². The number of carbonyl (C=O) groups is 1.